The largest absolute Gasteiger partial charge is 0.494 e. The molecule has 2 atom stereocenters. The summed E-state index contributed by atoms with van der Waals surface area (Å²) >= 11 is 0. The van der Waals surface area contributed by atoms with Crippen LogP contribution < -0.4 is 10.1 Å². The highest BCUT2D eigenvalue weighted by molar-refractivity contribution is 5.80. The average molecular weight is 335 g/mol. The normalized spacial score (nSPS) is 18.8. The van der Waals surface area contributed by atoms with Crippen LogP contribution in [0.15, 0.2) is 24.3 Å². The number of aryl methyl sites for hydroxylation is 1. The number of hydrogen-bond donors (Lipinski definition) is 1. The van der Waals surface area contributed by atoms with E-state index in [1.54, 1.807) is 6.92 Å². The van der Waals surface area contributed by atoms with Gasteiger partial charge in [0, 0.05) is 13.2 Å². The SMILES string of the molecule is Cc1cccc(OCCCNC(=O)C(C)OCC2CCCCO2)c1. The van der Waals surface area contributed by atoms with Crippen molar-refractivity contribution in [3.8, 4) is 5.75 Å². The van der Waals surface area contributed by atoms with E-state index in [2.05, 4.69) is 5.32 Å². The van der Waals surface area contributed by atoms with Crippen molar-refractivity contribution in [1.29, 1.82) is 0 Å². The summed E-state index contributed by atoms with van der Waals surface area (Å²) in [4.78, 5) is 12.0. The lowest BCUT2D eigenvalue weighted by Gasteiger charge is -2.23. The maximum absolute atomic E-state index is 12.0. The van der Waals surface area contributed by atoms with E-state index in [9.17, 15) is 4.79 Å². The number of carbonyl (C=O) groups excluding carboxylic acids is 1. The van der Waals surface area contributed by atoms with Crippen LogP contribution in [0.25, 0.3) is 0 Å². The third kappa shape index (κ3) is 6.89. The molecule has 0 aromatic heterocycles. The van der Waals surface area contributed by atoms with Gasteiger partial charge in [0.25, 0.3) is 0 Å². The molecule has 0 spiro atoms. The van der Waals surface area contributed by atoms with Gasteiger partial charge in [-0.25, -0.2) is 0 Å². The average Bonchev–Trinajstić information content (AvgIpc) is 2.60. The van der Waals surface area contributed by atoms with Crippen molar-refractivity contribution >= 4 is 5.91 Å². The molecule has 1 aliphatic heterocycles. The number of carbonyl (C=O) groups is 1. The maximum atomic E-state index is 12.0. The molecule has 0 saturated carbocycles. The third-order valence-electron chi connectivity index (χ3n) is 4.05. The molecule has 1 heterocycles. The van der Waals surface area contributed by atoms with Crippen molar-refractivity contribution in [3.63, 3.8) is 0 Å². The Morgan fingerprint density at radius 1 is 1.42 bits per heavy atom. The predicted octanol–water partition coefficient (Wildman–Crippen LogP) is 2.85. The molecule has 5 heteroatoms. The molecule has 1 aromatic carbocycles. The lowest BCUT2D eigenvalue weighted by Crippen LogP contribution is -2.37. The van der Waals surface area contributed by atoms with Crippen LogP contribution in [0.3, 0.4) is 0 Å². The zero-order chi connectivity index (χ0) is 17.2. The minimum atomic E-state index is -0.451. The first-order chi connectivity index (χ1) is 11.6. The van der Waals surface area contributed by atoms with Crippen LogP contribution in [0, 0.1) is 6.92 Å². The first-order valence-electron chi connectivity index (χ1n) is 8.85. The highest BCUT2D eigenvalue weighted by Gasteiger charge is 2.18. The molecule has 2 rings (SSSR count). The van der Waals surface area contributed by atoms with Gasteiger partial charge in [0.2, 0.25) is 5.91 Å². The molecule has 1 aromatic rings. The fourth-order valence-corrected chi connectivity index (χ4v) is 2.59. The molecule has 1 aliphatic rings. The first kappa shape index (κ1) is 18.7. The summed E-state index contributed by atoms with van der Waals surface area (Å²) in [6.07, 6.45) is 3.76. The van der Waals surface area contributed by atoms with E-state index in [1.165, 1.54) is 12.0 Å². The monoisotopic (exact) mass is 335 g/mol. The van der Waals surface area contributed by atoms with Gasteiger partial charge in [0.1, 0.15) is 11.9 Å². The Balaban J connectivity index is 1.53. The molecule has 1 saturated heterocycles. The van der Waals surface area contributed by atoms with Crippen molar-refractivity contribution < 1.29 is 19.0 Å². The molecule has 5 nitrogen and oxygen atoms in total. The molecular weight excluding hydrogens is 306 g/mol. The molecule has 0 aliphatic carbocycles. The fraction of sp³-hybridized carbons (Fsp3) is 0.632. The summed E-state index contributed by atoms with van der Waals surface area (Å²) in [7, 11) is 0. The second-order valence-electron chi connectivity index (χ2n) is 6.27. The minimum Gasteiger partial charge on any atom is -0.494 e. The predicted molar refractivity (Wildman–Crippen MR) is 93.3 cm³/mol. The Morgan fingerprint density at radius 3 is 3.04 bits per heavy atom. The summed E-state index contributed by atoms with van der Waals surface area (Å²) in [5, 5.41) is 2.88. The van der Waals surface area contributed by atoms with Crippen molar-refractivity contribution in [2.45, 2.75) is 51.7 Å². The van der Waals surface area contributed by atoms with Gasteiger partial charge in [0.15, 0.2) is 0 Å². The van der Waals surface area contributed by atoms with E-state index in [-0.39, 0.29) is 12.0 Å². The van der Waals surface area contributed by atoms with E-state index in [0.29, 0.717) is 19.8 Å². The van der Waals surface area contributed by atoms with Gasteiger partial charge in [-0.1, -0.05) is 12.1 Å². The van der Waals surface area contributed by atoms with Crippen LogP contribution in [0.1, 0.15) is 38.2 Å². The Kier molecular flexibility index (Phi) is 8.05. The fourth-order valence-electron chi connectivity index (χ4n) is 2.59. The molecule has 0 radical (unpaired) electrons. The van der Waals surface area contributed by atoms with Crippen LogP contribution in [0.4, 0.5) is 0 Å². The first-order valence-corrected chi connectivity index (χ1v) is 8.85. The van der Waals surface area contributed by atoms with Crippen LogP contribution in [-0.2, 0) is 14.3 Å². The van der Waals surface area contributed by atoms with Gasteiger partial charge < -0.3 is 19.5 Å². The quantitative estimate of drug-likeness (QED) is 0.705. The summed E-state index contributed by atoms with van der Waals surface area (Å²) in [6.45, 7) is 6.27. The zero-order valence-corrected chi connectivity index (χ0v) is 14.8. The van der Waals surface area contributed by atoms with E-state index in [1.807, 2.05) is 31.2 Å². The van der Waals surface area contributed by atoms with Crippen molar-refractivity contribution in [2.24, 2.45) is 0 Å². The van der Waals surface area contributed by atoms with Crippen molar-refractivity contribution in [1.82, 2.24) is 5.32 Å². The zero-order valence-electron chi connectivity index (χ0n) is 14.8. The lowest BCUT2D eigenvalue weighted by molar-refractivity contribution is -0.135. The number of nitrogens with one attached hydrogen (secondary N) is 1. The van der Waals surface area contributed by atoms with Crippen LogP contribution >= 0.6 is 0 Å². The molecule has 1 amide bonds. The Labute approximate surface area is 144 Å². The van der Waals surface area contributed by atoms with E-state index < -0.39 is 6.10 Å². The molecule has 1 fully saturated rings. The van der Waals surface area contributed by atoms with Crippen molar-refractivity contribution in [3.05, 3.63) is 29.8 Å². The topological polar surface area (TPSA) is 56.8 Å². The van der Waals surface area contributed by atoms with Gasteiger partial charge in [-0.05, 0) is 57.2 Å². The van der Waals surface area contributed by atoms with Gasteiger partial charge >= 0.3 is 0 Å². The van der Waals surface area contributed by atoms with Gasteiger partial charge in [0.05, 0.1) is 19.3 Å². The standard InChI is InChI=1S/C19H29NO4/c1-15-7-5-9-17(13-15)22-12-6-10-20-19(21)16(2)24-14-18-8-3-4-11-23-18/h5,7,9,13,16,18H,3-4,6,8,10-12,14H2,1-2H3,(H,20,21). The second kappa shape index (κ2) is 10.3. The molecule has 1 N–H and O–H groups in total. The molecule has 134 valence electrons. The summed E-state index contributed by atoms with van der Waals surface area (Å²) in [5.41, 5.74) is 1.17. The number of benzene rings is 1. The van der Waals surface area contributed by atoms with Crippen LogP contribution in [0.2, 0.25) is 0 Å². The molecule has 24 heavy (non-hydrogen) atoms. The van der Waals surface area contributed by atoms with E-state index in [0.717, 1.165) is 31.6 Å². The Hall–Kier alpha value is -1.59. The van der Waals surface area contributed by atoms with Crippen LogP contribution in [-0.4, -0.2) is 44.5 Å². The number of ether oxygens (including phenoxy) is 3. The summed E-state index contributed by atoms with van der Waals surface area (Å²) < 4.78 is 16.9. The summed E-state index contributed by atoms with van der Waals surface area (Å²) in [6, 6.07) is 7.95. The van der Waals surface area contributed by atoms with E-state index in [4.69, 9.17) is 14.2 Å². The Morgan fingerprint density at radius 2 is 2.29 bits per heavy atom. The molecule has 0 bridgehead atoms. The number of hydrogen-bond acceptors (Lipinski definition) is 4. The smallest absolute Gasteiger partial charge is 0.248 e. The number of rotatable bonds is 9. The highest BCUT2D eigenvalue weighted by atomic mass is 16.5. The summed E-state index contributed by atoms with van der Waals surface area (Å²) in [5.74, 6) is 0.784. The van der Waals surface area contributed by atoms with Crippen LogP contribution in [0.5, 0.6) is 5.75 Å². The second-order valence-corrected chi connectivity index (χ2v) is 6.27. The van der Waals surface area contributed by atoms with Gasteiger partial charge in [-0.3, -0.25) is 4.79 Å². The highest BCUT2D eigenvalue weighted by Crippen LogP contribution is 2.14. The van der Waals surface area contributed by atoms with E-state index >= 15 is 0 Å². The molecule has 2 unspecified atom stereocenters. The molecular formula is C19H29NO4. The third-order valence-corrected chi connectivity index (χ3v) is 4.05. The Bertz CT molecular complexity index is 500. The van der Waals surface area contributed by atoms with Crippen molar-refractivity contribution in [2.75, 3.05) is 26.4 Å². The maximum Gasteiger partial charge on any atom is 0.248 e. The van der Waals surface area contributed by atoms with Gasteiger partial charge in [-0.2, -0.15) is 0 Å². The lowest BCUT2D eigenvalue weighted by atomic mass is 10.1. The number of amides is 1. The van der Waals surface area contributed by atoms with Gasteiger partial charge in [-0.15, -0.1) is 0 Å². The minimum absolute atomic E-state index is 0.0821.